The third kappa shape index (κ3) is 7.60. The van der Waals surface area contributed by atoms with Gasteiger partial charge in [0.05, 0.1) is 17.7 Å². The van der Waals surface area contributed by atoms with Crippen LogP contribution in [0.15, 0.2) is 83.8 Å². The number of anilines is 1. The van der Waals surface area contributed by atoms with Gasteiger partial charge in [-0.2, -0.15) is 0 Å². The summed E-state index contributed by atoms with van der Waals surface area (Å²) < 4.78 is 33.9. The molecule has 2 atom stereocenters. The molecule has 0 aliphatic carbocycles. The monoisotopic (exact) mass is 551 g/mol. The molecule has 39 heavy (non-hydrogen) atoms. The largest absolute Gasteiger partial charge is 0.497 e. The smallest absolute Gasteiger partial charge is 0.264 e. The van der Waals surface area contributed by atoms with E-state index in [4.69, 9.17) is 4.74 Å². The summed E-state index contributed by atoms with van der Waals surface area (Å²) in [6, 6.07) is 21.3. The first-order valence-corrected chi connectivity index (χ1v) is 14.4. The number of hydrogen-bond acceptors (Lipinski definition) is 5. The van der Waals surface area contributed by atoms with Crippen LogP contribution in [0.3, 0.4) is 0 Å². The van der Waals surface area contributed by atoms with Crippen molar-refractivity contribution < 1.29 is 22.7 Å². The highest BCUT2D eigenvalue weighted by molar-refractivity contribution is 7.92. The molecule has 3 aromatic carbocycles. The molecule has 2 amide bonds. The summed E-state index contributed by atoms with van der Waals surface area (Å²) >= 11 is 0. The first-order valence-electron chi connectivity index (χ1n) is 12.9. The van der Waals surface area contributed by atoms with Crippen LogP contribution in [0.25, 0.3) is 0 Å². The number of sulfonamides is 1. The molecule has 2 unspecified atom stereocenters. The zero-order valence-electron chi connectivity index (χ0n) is 23.1. The van der Waals surface area contributed by atoms with Gasteiger partial charge in [-0.05, 0) is 69.2 Å². The number of amides is 2. The molecule has 0 aliphatic heterocycles. The third-order valence-corrected chi connectivity index (χ3v) is 8.36. The Labute approximate surface area is 231 Å². The Morgan fingerprint density at radius 1 is 0.949 bits per heavy atom. The fourth-order valence-electron chi connectivity index (χ4n) is 4.05. The maximum Gasteiger partial charge on any atom is 0.264 e. The van der Waals surface area contributed by atoms with Crippen LogP contribution in [-0.4, -0.2) is 50.9 Å². The van der Waals surface area contributed by atoms with Crippen molar-refractivity contribution in [1.82, 2.24) is 10.2 Å². The lowest BCUT2D eigenvalue weighted by Gasteiger charge is -2.32. The Balaban J connectivity index is 2.00. The molecule has 208 valence electrons. The topological polar surface area (TPSA) is 96.0 Å². The number of aryl methyl sites for hydroxylation is 1. The summed E-state index contributed by atoms with van der Waals surface area (Å²) in [6.07, 6.45) is 0.742. The average Bonchev–Trinajstić information content (AvgIpc) is 2.94. The lowest BCUT2D eigenvalue weighted by molar-refractivity contribution is -0.139. The van der Waals surface area contributed by atoms with E-state index in [1.165, 1.54) is 24.1 Å². The molecule has 8 nitrogen and oxygen atoms in total. The van der Waals surface area contributed by atoms with Crippen molar-refractivity contribution >= 4 is 27.5 Å². The molecule has 0 aromatic heterocycles. The molecule has 0 radical (unpaired) electrons. The average molecular weight is 552 g/mol. The fourth-order valence-corrected chi connectivity index (χ4v) is 5.47. The maximum absolute atomic E-state index is 13.9. The van der Waals surface area contributed by atoms with Crippen molar-refractivity contribution in [2.75, 3.05) is 18.0 Å². The van der Waals surface area contributed by atoms with E-state index >= 15 is 0 Å². The van der Waals surface area contributed by atoms with Gasteiger partial charge < -0.3 is 15.0 Å². The Morgan fingerprint density at radius 3 is 2.21 bits per heavy atom. The second-order valence-electron chi connectivity index (χ2n) is 9.53. The Morgan fingerprint density at radius 2 is 1.62 bits per heavy atom. The molecule has 0 spiro atoms. The van der Waals surface area contributed by atoms with E-state index < -0.39 is 28.5 Å². The first-order chi connectivity index (χ1) is 18.6. The Bertz CT molecular complexity index is 1360. The van der Waals surface area contributed by atoms with E-state index in [-0.39, 0.29) is 23.4 Å². The summed E-state index contributed by atoms with van der Waals surface area (Å²) in [6.45, 7) is 7.15. The van der Waals surface area contributed by atoms with Gasteiger partial charge in [0.2, 0.25) is 11.8 Å². The zero-order chi connectivity index (χ0) is 28.6. The van der Waals surface area contributed by atoms with E-state index in [0.717, 1.165) is 21.9 Å². The van der Waals surface area contributed by atoms with Gasteiger partial charge in [-0.1, -0.05) is 55.0 Å². The molecular formula is C30H37N3O5S. The van der Waals surface area contributed by atoms with Crippen molar-refractivity contribution in [2.24, 2.45) is 0 Å². The van der Waals surface area contributed by atoms with Gasteiger partial charge in [0, 0.05) is 12.6 Å². The zero-order valence-corrected chi connectivity index (χ0v) is 23.9. The molecule has 0 fully saturated rings. The molecule has 0 saturated carbocycles. The number of hydrogen-bond donors (Lipinski definition) is 1. The summed E-state index contributed by atoms with van der Waals surface area (Å²) in [5.41, 5.74) is 2.20. The standard InChI is InChI=1S/C30H37N3O5S/c1-6-23(3)31-30(35)24(4)32(20-25-12-10-11-22(2)19-25)29(34)21-33(26-13-8-7-9-14-26)39(36,37)28-17-15-27(38-5)16-18-28/h7-19,23-24H,6,20-21H2,1-5H3,(H,31,35). The molecular weight excluding hydrogens is 514 g/mol. The summed E-state index contributed by atoms with van der Waals surface area (Å²) in [5.74, 6) is -0.277. The van der Waals surface area contributed by atoms with Crippen molar-refractivity contribution in [3.63, 3.8) is 0 Å². The molecule has 0 saturated heterocycles. The molecule has 9 heteroatoms. The summed E-state index contributed by atoms with van der Waals surface area (Å²) in [5, 5.41) is 2.94. The number of ether oxygens (including phenoxy) is 1. The predicted molar refractivity (Wildman–Crippen MR) is 153 cm³/mol. The minimum Gasteiger partial charge on any atom is -0.497 e. The molecule has 3 aromatic rings. The third-order valence-electron chi connectivity index (χ3n) is 6.57. The lowest BCUT2D eigenvalue weighted by atomic mass is 10.1. The van der Waals surface area contributed by atoms with Crippen molar-refractivity contribution in [2.45, 2.75) is 57.6 Å². The van der Waals surface area contributed by atoms with E-state index in [1.54, 1.807) is 49.4 Å². The van der Waals surface area contributed by atoms with Gasteiger partial charge in [0.15, 0.2) is 0 Å². The van der Waals surface area contributed by atoms with E-state index in [1.807, 2.05) is 45.0 Å². The predicted octanol–water partition coefficient (Wildman–Crippen LogP) is 4.53. The lowest BCUT2D eigenvalue weighted by Crippen LogP contribution is -2.52. The van der Waals surface area contributed by atoms with Gasteiger partial charge in [-0.25, -0.2) is 8.42 Å². The van der Waals surface area contributed by atoms with Crippen molar-refractivity contribution in [3.8, 4) is 5.75 Å². The number of benzene rings is 3. The number of nitrogens with zero attached hydrogens (tertiary/aromatic N) is 2. The minimum absolute atomic E-state index is 0.0211. The number of nitrogens with one attached hydrogen (secondary N) is 1. The normalized spacial score (nSPS) is 12.7. The summed E-state index contributed by atoms with van der Waals surface area (Å²) in [4.78, 5) is 28.5. The van der Waals surface area contributed by atoms with Gasteiger partial charge in [-0.3, -0.25) is 13.9 Å². The van der Waals surface area contributed by atoms with Crippen LogP contribution >= 0.6 is 0 Å². The van der Waals surface area contributed by atoms with Crippen LogP contribution in [0.2, 0.25) is 0 Å². The van der Waals surface area contributed by atoms with E-state index in [2.05, 4.69) is 5.32 Å². The molecule has 3 rings (SSSR count). The number of rotatable bonds is 12. The number of para-hydroxylation sites is 1. The molecule has 0 aliphatic rings. The number of carbonyl (C=O) groups excluding carboxylic acids is 2. The maximum atomic E-state index is 13.9. The molecule has 0 bridgehead atoms. The highest BCUT2D eigenvalue weighted by atomic mass is 32.2. The number of methoxy groups -OCH3 is 1. The van der Waals surface area contributed by atoms with Crippen LogP contribution in [0.1, 0.15) is 38.3 Å². The van der Waals surface area contributed by atoms with E-state index in [9.17, 15) is 18.0 Å². The fraction of sp³-hybridized carbons (Fsp3) is 0.333. The SMILES string of the molecule is CCC(C)NC(=O)C(C)N(Cc1cccc(C)c1)C(=O)CN(c1ccccc1)S(=O)(=O)c1ccc(OC)cc1. The molecule has 1 N–H and O–H groups in total. The van der Waals surface area contributed by atoms with Crippen LogP contribution in [0.5, 0.6) is 5.75 Å². The van der Waals surface area contributed by atoms with E-state index in [0.29, 0.717) is 11.4 Å². The second-order valence-corrected chi connectivity index (χ2v) is 11.4. The number of carbonyl (C=O) groups is 2. The van der Waals surface area contributed by atoms with Crippen LogP contribution < -0.4 is 14.4 Å². The van der Waals surface area contributed by atoms with Crippen LogP contribution in [0, 0.1) is 6.92 Å². The van der Waals surface area contributed by atoms with Gasteiger partial charge in [0.25, 0.3) is 10.0 Å². The minimum atomic E-state index is -4.13. The second kappa shape index (κ2) is 13.3. The van der Waals surface area contributed by atoms with Crippen LogP contribution in [-0.2, 0) is 26.2 Å². The first kappa shape index (κ1) is 29.7. The van der Waals surface area contributed by atoms with Gasteiger partial charge in [0.1, 0.15) is 18.3 Å². The van der Waals surface area contributed by atoms with Gasteiger partial charge >= 0.3 is 0 Å². The van der Waals surface area contributed by atoms with Crippen molar-refractivity contribution in [1.29, 1.82) is 0 Å². The molecule has 0 heterocycles. The van der Waals surface area contributed by atoms with Crippen LogP contribution in [0.4, 0.5) is 5.69 Å². The highest BCUT2D eigenvalue weighted by Crippen LogP contribution is 2.26. The summed E-state index contributed by atoms with van der Waals surface area (Å²) in [7, 11) is -2.63. The Kier molecular flexibility index (Phi) is 10.1. The Hall–Kier alpha value is -3.85. The van der Waals surface area contributed by atoms with Crippen molar-refractivity contribution in [3.05, 3.63) is 90.0 Å². The quantitative estimate of drug-likeness (QED) is 0.357. The highest BCUT2D eigenvalue weighted by Gasteiger charge is 2.32. The van der Waals surface area contributed by atoms with Gasteiger partial charge in [-0.15, -0.1) is 0 Å².